The summed E-state index contributed by atoms with van der Waals surface area (Å²) in [6, 6.07) is 0. The largest absolute Gasteiger partial charge is 0.453 e. The lowest BCUT2D eigenvalue weighted by molar-refractivity contribution is -0.137. The number of alkyl carbamates (subject to hydrolysis) is 1. The van der Waals surface area contributed by atoms with Gasteiger partial charge in [-0.05, 0) is 13.8 Å². The van der Waals surface area contributed by atoms with Gasteiger partial charge in [0.1, 0.15) is 5.54 Å². The van der Waals surface area contributed by atoms with Crippen molar-refractivity contribution in [3.05, 3.63) is 0 Å². The van der Waals surface area contributed by atoms with Gasteiger partial charge in [0.2, 0.25) is 5.91 Å². The molecule has 2 amide bonds. The van der Waals surface area contributed by atoms with Gasteiger partial charge in [-0.25, -0.2) is 4.79 Å². The number of amides is 2. The molecule has 0 aromatic rings. The number of piperazine rings is 1. The van der Waals surface area contributed by atoms with Crippen LogP contribution in [-0.4, -0.2) is 55.7 Å². The van der Waals surface area contributed by atoms with E-state index in [1.54, 1.807) is 18.7 Å². The number of carbonyl (C=O) groups is 2. The molecule has 16 heavy (non-hydrogen) atoms. The molecule has 6 heteroatoms. The average molecular weight is 229 g/mol. The van der Waals surface area contributed by atoms with Gasteiger partial charge in [-0.1, -0.05) is 0 Å². The van der Waals surface area contributed by atoms with Crippen molar-refractivity contribution in [2.45, 2.75) is 19.4 Å². The van der Waals surface area contributed by atoms with E-state index in [1.807, 2.05) is 0 Å². The molecule has 1 saturated heterocycles. The number of carbonyl (C=O) groups excluding carboxylic acids is 2. The minimum atomic E-state index is -0.926. The molecule has 6 nitrogen and oxygen atoms in total. The van der Waals surface area contributed by atoms with E-state index < -0.39 is 11.6 Å². The van der Waals surface area contributed by atoms with E-state index in [9.17, 15) is 9.59 Å². The van der Waals surface area contributed by atoms with Gasteiger partial charge >= 0.3 is 6.09 Å². The maximum absolute atomic E-state index is 12.1. The fraction of sp³-hybridized carbons (Fsp3) is 0.800. The third-order valence-electron chi connectivity index (χ3n) is 2.54. The second-order valence-corrected chi connectivity index (χ2v) is 4.28. The van der Waals surface area contributed by atoms with Crippen LogP contribution < -0.4 is 10.6 Å². The molecule has 0 saturated carbocycles. The van der Waals surface area contributed by atoms with Gasteiger partial charge in [0.15, 0.2) is 0 Å². The zero-order valence-corrected chi connectivity index (χ0v) is 10.0. The van der Waals surface area contributed by atoms with Crippen LogP contribution in [0.4, 0.5) is 4.79 Å². The Kier molecular flexibility index (Phi) is 4.12. The summed E-state index contributed by atoms with van der Waals surface area (Å²) in [5.74, 6) is -0.0839. The Hall–Kier alpha value is -1.30. The standard InChI is InChI=1S/C10H19N3O3/c1-10(2,12-9(15)16-3)8(14)13-6-4-11-5-7-13/h11H,4-7H2,1-3H3,(H,12,15). The van der Waals surface area contributed by atoms with Crippen LogP contribution in [0.2, 0.25) is 0 Å². The average Bonchev–Trinajstić information content (AvgIpc) is 2.28. The van der Waals surface area contributed by atoms with Crippen molar-refractivity contribution in [3.63, 3.8) is 0 Å². The fourth-order valence-corrected chi connectivity index (χ4v) is 1.62. The molecular formula is C10H19N3O3. The third kappa shape index (κ3) is 3.10. The molecule has 92 valence electrons. The molecule has 0 atom stereocenters. The number of methoxy groups -OCH3 is 1. The lowest BCUT2D eigenvalue weighted by Gasteiger charge is -2.34. The zero-order valence-electron chi connectivity index (χ0n) is 10.0. The Morgan fingerprint density at radius 2 is 1.88 bits per heavy atom. The summed E-state index contributed by atoms with van der Waals surface area (Å²) in [5.41, 5.74) is -0.926. The van der Waals surface area contributed by atoms with Crippen LogP contribution in [0.5, 0.6) is 0 Å². The molecule has 0 radical (unpaired) electrons. The van der Waals surface area contributed by atoms with Gasteiger partial charge in [-0.2, -0.15) is 0 Å². The van der Waals surface area contributed by atoms with Crippen LogP contribution in [0.15, 0.2) is 0 Å². The SMILES string of the molecule is COC(=O)NC(C)(C)C(=O)N1CCNCC1. The first-order chi connectivity index (χ1) is 7.47. The molecule has 1 fully saturated rings. The van der Waals surface area contributed by atoms with Crippen molar-refractivity contribution in [2.75, 3.05) is 33.3 Å². The van der Waals surface area contributed by atoms with Gasteiger partial charge in [0.05, 0.1) is 7.11 Å². The molecule has 0 aromatic heterocycles. The van der Waals surface area contributed by atoms with Crippen LogP contribution in [0.3, 0.4) is 0 Å². The van der Waals surface area contributed by atoms with Gasteiger partial charge in [-0.15, -0.1) is 0 Å². The van der Waals surface area contributed by atoms with Crippen molar-refractivity contribution in [3.8, 4) is 0 Å². The molecule has 1 rings (SSSR count). The predicted octanol–water partition coefficient (Wildman–Crippen LogP) is -0.447. The number of ether oxygens (including phenoxy) is 1. The number of rotatable bonds is 2. The Balaban J connectivity index is 2.59. The first-order valence-electron chi connectivity index (χ1n) is 5.33. The monoisotopic (exact) mass is 229 g/mol. The molecule has 1 aliphatic rings. The van der Waals surface area contributed by atoms with Crippen LogP contribution in [0.1, 0.15) is 13.8 Å². The molecule has 0 aliphatic carbocycles. The minimum absolute atomic E-state index is 0.0839. The van der Waals surface area contributed by atoms with E-state index in [2.05, 4.69) is 15.4 Å². The highest BCUT2D eigenvalue weighted by molar-refractivity contribution is 5.89. The van der Waals surface area contributed by atoms with Crippen molar-refractivity contribution >= 4 is 12.0 Å². The summed E-state index contributed by atoms with van der Waals surface area (Å²) in [7, 11) is 1.28. The highest BCUT2D eigenvalue weighted by Gasteiger charge is 2.34. The van der Waals surface area contributed by atoms with E-state index in [1.165, 1.54) is 7.11 Å². The third-order valence-corrected chi connectivity index (χ3v) is 2.54. The van der Waals surface area contributed by atoms with Gasteiger partial charge in [-0.3, -0.25) is 4.79 Å². The lowest BCUT2D eigenvalue weighted by Crippen LogP contribution is -2.59. The van der Waals surface area contributed by atoms with Gasteiger partial charge in [0, 0.05) is 26.2 Å². The summed E-state index contributed by atoms with van der Waals surface area (Å²) in [5, 5.41) is 5.70. The Labute approximate surface area is 95.3 Å². The molecular weight excluding hydrogens is 210 g/mol. The Morgan fingerprint density at radius 3 is 2.38 bits per heavy atom. The van der Waals surface area contributed by atoms with Crippen molar-refractivity contribution in [1.82, 2.24) is 15.5 Å². The maximum atomic E-state index is 12.1. The number of hydrogen-bond acceptors (Lipinski definition) is 4. The molecule has 1 heterocycles. The summed E-state index contributed by atoms with van der Waals surface area (Å²) in [4.78, 5) is 24.9. The van der Waals surface area contributed by atoms with E-state index in [0.29, 0.717) is 13.1 Å². The topological polar surface area (TPSA) is 70.7 Å². The van der Waals surface area contributed by atoms with Crippen molar-refractivity contribution in [2.24, 2.45) is 0 Å². The summed E-state index contributed by atoms with van der Waals surface area (Å²) >= 11 is 0. The van der Waals surface area contributed by atoms with Crippen LogP contribution in [-0.2, 0) is 9.53 Å². The van der Waals surface area contributed by atoms with Gasteiger partial charge < -0.3 is 20.3 Å². The molecule has 2 N–H and O–H groups in total. The minimum Gasteiger partial charge on any atom is -0.453 e. The molecule has 0 aromatic carbocycles. The quantitative estimate of drug-likeness (QED) is 0.673. The first kappa shape index (κ1) is 12.8. The first-order valence-corrected chi connectivity index (χ1v) is 5.33. The Bertz CT molecular complexity index is 272. The van der Waals surface area contributed by atoms with Gasteiger partial charge in [0.25, 0.3) is 0 Å². The number of nitrogens with zero attached hydrogens (tertiary/aromatic N) is 1. The van der Waals surface area contributed by atoms with E-state index in [0.717, 1.165) is 13.1 Å². The fourth-order valence-electron chi connectivity index (χ4n) is 1.62. The predicted molar refractivity (Wildman–Crippen MR) is 59.1 cm³/mol. The van der Waals surface area contributed by atoms with E-state index >= 15 is 0 Å². The normalized spacial score (nSPS) is 16.8. The maximum Gasteiger partial charge on any atom is 0.407 e. The Morgan fingerprint density at radius 1 is 1.31 bits per heavy atom. The summed E-state index contributed by atoms with van der Waals surface area (Å²) < 4.78 is 4.49. The second-order valence-electron chi connectivity index (χ2n) is 4.28. The lowest BCUT2D eigenvalue weighted by atomic mass is 10.0. The smallest absolute Gasteiger partial charge is 0.407 e. The molecule has 1 aliphatic heterocycles. The molecule has 0 unspecified atom stereocenters. The van der Waals surface area contributed by atoms with E-state index in [4.69, 9.17) is 0 Å². The highest BCUT2D eigenvalue weighted by Crippen LogP contribution is 2.09. The highest BCUT2D eigenvalue weighted by atomic mass is 16.5. The van der Waals surface area contributed by atoms with Crippen molar-refractivity contribution in [1.29, 1.82) is 0 Å². The number of hydrogen-bond donors (Lipinski definition) is 2. The molecule has 0 bridgehead atoms. The second kappa shape index (κ2) is 5.16. The summed E-state index contributed by atoms with van der Waals surface area (Å²) in [6.45, 7) is 6.28. The van der Waals surface area contributed by atoms with E-state index in [-0.39, 0.29) is 5.91 Å². The van der Waals surface area contributed by atoms with Crippen molar-refractivity contribution < 1.29 is 14.3 Å². The summed E-state index contributed by atoms with van der Waals surface area (Å²) in [6.07, 6.45) is -0.589. The van der Waals surface area contributed by atoms with Crippen LogP contribution in [0.25, 0.3) is 0 Å². The van der Waals surface area contributed by atoms with Crippen LogP contribution in [0, 0.1) is 0 Å². The number of nitrogens with one attached hydrogen (secondary N) is 2. The zero-order chi connectivity index (χ0) is 12.2. The van der Waals surface area contributed by atoms with Crippen LogP contribution >= 0.6 is 0 Å². The molecule has 0 spiro atoms.